The van der Waals surface area contributed by atoms with E-state index in [4.69, 9.17) is 5.11 Å². The second-order valence-electron chi connectivity index (χ2n) is 1.77. The van der Waals surface area contributed by atoms with E-state index in [1.165, 1.54) is 0 Å². The first-order valence-corrected chi connectivity index (χ1v) is 3.84. The van der Waals surface area contributed by atoms with Crippen LogP contribution in [-0.2, 0) is 0 Å². The van der Waals surface area contributed by atoms with Gasteiger partial charge in [0.25, 0.3) is 0 Å². The molecule has 4 heteroatoms. The van der Waals surface area contributed by atoms with Gasteiger partial charge in [0.05, 0.1) is 0 Å². The van der Waals surface area contributed by atoms with E-state index in [-0.39, 0.29) is 5.75 Å². The van der Waals surface area contributed by atoms with Gasteiger partial charge in [-0.05, 0) is 28.7 Å². The number of nitrogens with zero attached hydrogens (tertiary/aromatic N) is 1. The van der Waals surface area contributed by atoms with Crippen molar-refractivity contribution in [3.8, 4) is 5.75 Å². The monoisotopic (exact) mass is 250 g/mol. The van der Waals surface area contributed by atoms with Crippen LogP contribution in [0.15, 0.2) is 12.3 Å². The quantitative estimate of drug-likeness (QED) is 0.741. The minimum Gasteiger partial charge on any atom is -0.504 e. The average molecular weight is 250 g/mol. The number of pyridine rings is 1. The van der Waals surface area contributed by atoms with Gasteiger partial charge in [-0.3, -0.25) is 0 Å². The van der Waals surface area contributed by atoms with Crippen molar-refractivity contribution in [1.29, 1.82) is 0 Å². The van der Waals surface area contributed by atoms with Gasteiger partial charge in [-0.2, -0.15) is 0 Å². The number of nitrogens with one attached hydrogen (secondary N) is 1. The molecule has 10 heavy (non-hydrogen) atoms. The molecule has 0 unspecified atom stereocenters. The van der Waals surface area contributed by atoms with Gasteiger partial charge >= 0.3 is 0 Å². The molecule has 2 N–H and O–H groups in total. The van der Waals surface area contributed by atoms with E-state index in [2.05, 4.69) is 32.9 Å². The smallest absolute Gasteiger partial charge is 0.168 e. The number of aromatic nitrogens is 1. The molecule has 1 heterocycles. The maximum Gasteiger partial charge on any atom is 0.168 e. The third kappa shape index (κ3) is 1.50. The SMILES string of the molecule is CNc1ncc(I)cc1O. The summed E-state index contributed by atoms with van der Waals surface area (Å²) >= 11 is 2.09. The van der Waals surface area contributed by atoms with Crippen LogP contribution in [0.3, 0.4) is 0 Å². The van der Waals surface area contributed by atoms with Crippen molar-refractivity contribution in [2.24, 2.45) is 0 Å². The Morgan fingerprint density at radius 3 is 2.90 bits per heavy atom. The Balaban J connectivity index is 3.07. The zero-order valence-electron chi connectivity index (χ0n) is 5.43. The first-order valence-electron chi connectivity index (χ1n) is 2.76. The molecule has 0 fully saturated rings. The molecule has 0 atom stereocenters. The summed E-state index contributed by atoms with van der Waals surface area (Å²) in [5, 5.41) is 11.9. The van der Waals surface area contributed by atoms with Crippen molar-refractivity contribution >= 4 is 28.4 Å². The van der Waals surface area contributed by atoms with Gasteiger partial charge in [-0.15, -0.1) is 0 Å². The van der Waals surface area contributed by atoms with Gasteiger partial charge in [0.15, 0.2) is 11.6 Å². The summed E-state index contributed by atoms with van der Waals surface area (Å²) in [5.74, 6) is 0.704. The molecule has 0 amide bonds. The highest BCUT2D eigenvalue weighted by molar-refractivity contribution is 14.1. The minimum atomic E-state index is 0.189. The number of hydrogen-bond acceptors (Lipinski definition) is 3. The topological polar surface area (TPSA) is 45.2 Å². The van der Waals surface area contributed by atoms with Gasteiger partial charge in [0.1, 0.15) is 0 Å². The molecular weight excluding hydrogens is 243 g/mol. The molecule has 54 valence electrons. The van der Waals surface area contributed by atoms with Crippen LogP contribution < -0.4 is 5.32 Å². The lowest BCUT2D eigenvalue weighted by atomic mass is 10.4. The first kappa shape index (κ1) is 7.59. The summed E-state index contributed by atoms with van der Waals surface area (Å²) in [5.41, 5.74) is 0. The summed E-state index contributed by atoms with van der Waals surface area (Å²) < 4.78 is 0.925. The van der Waals surface area contributed by atoms with Crippen molar-refractivity contribution in [1.82, 2.24) is 4.98 Å². The number of halogens is 1. The molecule has 0 saturated carbocycles. The van der Waals surface area contributed by atoms with Crippen molar-refractivity contribution in [3.63, 3.8) is 0 Å². The third-order valence-electron chi connectivity index (χ3n) is 1.07. The molecule has 1 rings (SSSR count). The Bertz CT molecular complexity index is 239. The molecule has 0 aliphatic heterocycles. The Kier molecular flexibility index (Phi) is 2.31. The number of hydrogen-bond donors (Lipinski definition) is 2. The highest BCUT2D eigenvalue weighted by Crippen LogP contribution is 2.20. The maximum atomic E-state index is 9.16. The van der Waals surface area contributed by atoms with Crippen LogP contribution in [0, 0.1) is 3.57 Å². The molecule has 0 radical (unpaired) electrons. The highest BCUT2D eigenvalue weighted by atomic mass is 127. The van der Waals surface area contributed by atoms with Crippen LogP contribution >= 0.6 is 22.6 Å². The lowest BCUT2D eigenvalue weighted by Gasteiger charge is -2.00. The standard InChI is InChI=1S/C6H7IN2O/c1-8-6-5(10)2-4(7)3-9-6/h2-3,10H,1H3,(H,8,9). The molecule has 1 aromatic rings. The van der Waals surface area contributed by atoms with E-state index >= 15 is 0 Å². The molecule has 0 spiro atoms. The lowest BCUT2D eigenvalue weighted by Crippen LogP contribution is -1.92. The van der Waals surface area contributed by atoms with Crippen molar-refractivity contribution in [2.75, 3.05) is 12.4 Å². The molecule has 0 aliphatic rings. The lowest BCUT2D eigenvalue weighted by molar-refractivity contribution is 0.475. The molecule has 1 aromatic heterocycles. The van der Waals surface area contributed by atoms with Gasteiger partial charge < -0.3 is 10.4 Å². The predicted molar refractivity (Wildman–Crippen MR) is 48.2 cm³/mol. The van der Waals surface area contributed by atoms with Crippen LogP contribution in [0.1, 0.15) is 0 Å². The second-order valence-corrected chi connectivity index (χ2v) is 3.02. The minimum absolute atomic E-state index is 0.189. The summed E-state index contributed by atoms with van der Waals surface area (Å²) in [6.45, 7) is 0. The molecular formula is C6H7IN2O. The fourth-order valence-corrected chi connectivity index (χ4v) is 1.06. The predicted octanol–water partition coefficient (Wildman–Crippen LogP) is 1.43. The molecule has 0 aromatic carbocycles. The van der Waals surface area contributed by atoms with Crippen LogP contribution in [-0.4, -0.2) is 17.1 Å². The van der Waals surface area contributed by atoms with Crippen LogP contribution in [0.25, 0.3) is 0 Å². The van der Waals surface area contributed by atoms with E-state index in [0.717, 1.165) is 3.57 Å². The zero-order chi connectivity index (χ0) is 7.56. The number of aromatic hydroxyl groups is 1. The second kappa shape index (κ2) is 3.05. The van der Waals surface area contributed by atoms with Crippen molar-refractivity contribution in [3.05, 3.63) is 15.8 Å². The Hall–Kier alpha value is -0.520. The van der Waals surface area contributed by atoms with E-state index < -0.39 is 0 Å². The third-order valence-corrected chi connectivity index (χ3v) is 1.66. The number of rotatable bonds is 1. The molecule has 3 nitrogen and oxygen atoms in total. The Morgan fingerprint density at radius 1 is 1.70 bits per heavy atom. The zero-order valence-corrected chi connectivity index (χ0v) is 7.58. The van der Waals surface area contributed by atoms with Crippen molar-refractivity contribution < 1.29 is 5.11 Å². The van der Waals surface area contributed by atoms with E-state index in [1.807, 2.05) is 0 Å². The first-order chi connectivity index (χ1) is 4.74. The van der Waals surface area contributed by atoms with Gasteiger partial charge in [-0.25, -0.2) is 4.98 Å². The fraction of sp³-hybridized carbons (Fsp3) is 0.167. The largest absolute Gasteiger partial charge is 0.504 e. The number of anilines is 1. The molecule has 0 aliphatic carbocycles. The summed E-state index contributed by atoms with van der Waals surface area (Å²) in [6, 6.07) is 1.65. The highest BCUT2D eigenvalue weighted by Gasteiger charge is 1.98. The van der Waals surface area contributed by atoms with E-state index in [9.17, 15) is 0 Å². The van der Waals surface area contributed by atoms with E-state index in [1.54, 1.807) is 19.3 Å². The molecule has 0 bridgehead atoms. The van der Waals surface area contributed by atoms with Gasteiger partial charge in [0, 0.05) is 16.8 Å². The maximum absolute atomic E-state index is 9.16. The van der Waals surface area contributed by atoms with E-state index in [0.29, 0.717) is 5.82 Å². The fourth-order valence-electron chi connectivity index (χ4n) is 0.621. The molecule has 0 saturated heterocycles. The van der Waals surface area contributed by atoms with Crippen molar-refractivity contribution in [2.45, 2.75) is 0 Å². The summed E-state index contributed by atoms with van der Waals surface area (Å²) in [6.07, 6.45) is 1.69. The van der Waals surface area contributed by atoms with Crippen LogP contribution in [0.4, 0.5) is 5.82 Å². The summed E-state index contributed by atoms with van der Waals surface area (Å²) in [4.78, 5) is 3.93. The van der Waals surface area contributed by atoms with Gasteiger partial charge in [-0.1, -0.05) is 0 Å². The average Bonchev–Trinajstić information content (AvgIpc) is 1.88. The normalized spacial score (nSPS) is 9.40. The van der Waals surface area contributed by atoms with Gasteiger partial charge in [0.2, 0.25) is 0 Å². The van der Waals surface area contributed by atoms with Crippen LogP contribution in [0.5, 0.6) is 5.75 Å². The van der Waals surface area contributed by atoms with Crippen LogP contribution in [0.2, 0.25) is 0 Å². The Labute approximate surface area is 72.6 Å². The summed E-state index contributed by atoms with van der Waals surface area (Å²) in [7, 11) is 1.72. The Morgan fingerprint density at radius 2 is 2.40 bits per heavy atom.